The molecule has 1 aromatic carbocycles. The largest absolute Gasteiger partial charge is 0.496 e. The Labute approximate surface area is 155 Å². The monoisotopic (exact) mass is 373 g/mol. The Kier molecular flexibility index (Phi) is 8.82. The van der Waals surface area contributed by atoms with Crippen LogP contribution in [0.15, 0.2) is 12.1 Å². The molecule has 0 unspecified atom stereocenters. The van der Waals surface area contributed by atoms with Gasteiger partial charge in [0.15, 0.2) is 11.5 Å². The number of nitrogens with zero attached hydrogens (tertiary/aromatic N) is 1. The van der Waals surface area contributed by atoms with Crippen LogP contribution in [0.1, 0.15) is 12.5 Å². The van der Waals surface area contributed by atoms with E-state index in [0.717, 1.165) is 25.2 Å². The lowest BCUT2D eigenvalue weighted by Gasteiger charge is -2.33. The molecule has 25 heavy (non-hydrogen) atoms. The third-order valence-electron chi connectivity index (χ3n) is 4.25. The van der Waals surface area contributed by atoms with Gasteiger partial charge < -0.3 is 24.8 Å². The van der Waals surface area contributed by atoms with Crippen molar-refractivity contribution in [2.24, 2.45) is 0 Å². The van der Waals surface area contributed by atoms with Crippen LogP contribution in [0.25, 0.3) is 0 Å². The number of piperazine rings is 1. The highest BCUT2D eigenvalue weighted by Crippen LogP contribution is 2.34. The second-order valence-corrected chi connectivity index (χ2v) is 5.82. The third-order valence-corrected chi connectivity index (χ3v) is 4.25. The van der Waals surface area contributed by atoms with Gasteiger partial charge in [0.2, 0.25) is 5.91 Å². The minimum atomic E-state index is 0. The number of halogens is 1. The van der Waals surface area contributed by atoms with Crippen LogP contribution < -0.4 is 24.8 Å². The van der Waals surface area contributed by atoms with Gasteiger partial charge in [-0.1, -0.05) is 0 Å². The molecule has 1 fully saturated rings. The van der Waals surface area contributed by atoms with Crippen molar-refractivity contribution in [3.8, 4) is 17.2 Å². The number of ether oxygens (including phenoxy) is 3. The van der Waals surface area contributed by atoms with Crippen LogP contribution in [-0.4, -0.2) is 64.4 Å². The fourth-order valence-corrected chi connectivity index (χ4v) is 2.78. The first-order valence-corrected chi connectivity index (χ1v) is 8.09. The van der Waals surface area contributed by atoms with E-state index in [1.54, 1.807) is 27.4 Å². The van der Waals surface area contributed by atoms with Crippen molar-refractivity contribution >= 4 is 18.3 Å². The number of amides is 1. The van der Waals surface area contributed by atoms with Crippen LogP contribution >= 0.6 is 12.4 Å². The van der Waals surface area contributed by atoms with Crippen molar-refractivity contribution in [3.63, 3.8) is 0 Å². The molecule has 1 atom stereocenters. The van der Waals surface area contributed by atoms with Crippen LogP contribution in [-0.2, 0) is 11.3 Å². The Morgan fingerprint density at radius 2 is 1.84 bits per heavy atom. The van der Waals surface area contributed by atoms with Crippen LogP contribution in [0.5, 0.6) is 17.2 Å². The lowest BCUT2D eigenvalue weighted by Crippen LogP contribution is -2.52. The molecule has 1 aliphatic rings. The molecule has 0 bridgehead atoms. The normalized spacial score (nSPS) is 17.4. The predicted octanol–water partition coefficient (Wildman–Crippen LogP) is 1.04. The van der Waals surface area contributed by atoms with Gasteiger partial charge in [0.25, 0.3) is 0 Å². The van der Waals surface area contributed by atoms with Crippen LogP contribution in [0.3, 0.4) is 0 Å². The van der Waals surface area contributed by atoms with Crippen LogP contribution in [0, 0.1) is 0 Å². The van der Waals surface area contributed by atoms with Gasteiger partial charge in [-0.15, -0.1) is 12.4 Å². The first-order chi connectivity index (χ1) is 11.6. The molecular weight excluding hydrogens is 346 g/mol. The zero-order chi connectivity index (χ0) is 17.5. The summed E-state index contributed by atoms with van der Waals surface area (Å²) in [5, 5.41) is 6.27. The Bertz CT molecular complexity index is 571. The summed E-state index contributed by atoms with van der Waals surface area (Å²) >= 11 is 0. The van der Waals surface area contributed by atoms with E-state index in [1.165, 1.54) is 0 Å². The molecule has 0 spiro atoms. The average molecular weight is 374 g/mol. The van der Waals surface area contributed by atoms with Gasteiger partial charge in [0.05, 0.1) is 27.9 Å². The Morgan fingerprint density at radius 3 is 2.44 bits per heavy atom. The van der Waals surface area contributed by atoms with E-state index in [2.05, 4.69) is 22.5 Å². The van der Waals surface area contributed by atoms with E-state index in [0.29, 0.717) is 36.4 Å². The quantitative estimate of drug-likeness (QED) is 0.744. The topological polar surface area (TPSA) is 72.1 Å². The Morgan fingerprint density at radius 1 is 1.20 bits per heavy atom. The minimum Gasteiger partial charge on any atom is -0.496 e. The molecular formula is C17H28ClN3O4. The van der Waals surface area contributed by atoms with E-state index in [4.69, 9.17) is 14.2 Å². The smallest absolute Gasteiger partial charge is 0.234 e. The Hall–Kier alpha value is -1.70. The molecule has 1 heterocycles. The molecule has 2 rings (SSSR count). The van der Waals surface area contributed by atoms with Crippen molar-refractivity contribution in [3.05, 3.63) is 17.7 Å². The van der Waals surface area contributed by atoms with E-state index < -0.39 is 0 Å². The SMILES string of the molecule is COc1cc(OC)c(OC)cc1CNC(=O)CN1CCNC[C@@H]1C.Cl. The summed E-state index contributed by atoms with van der Waals surface area (Å²) < 4.78 is 16.0. The van der Waals surface area contributed by atoms with Gasteiger partial charge in [0.1, 0.15) is 5.75 Å². The first-order valence-electron chi connectivity index (χ1n) is 8.09. The van der Waals surface area contributed by atoms with Crippen molar-refractivity contribution in [2.75, 3.05) is 47.5 Å². The summed E-state index contributed by atoms with van der Waals surface area (Å²) in [4.78, 5) is 14.4. The van der Waals surface area contributed by atoms with Crippen molar-refractivity contribution in [2.45, 2.75) is 19.5 Å². The summed E-state index contributed by atoms with van der Waals surface area (Å²) in [6.45, 7) is 5.62. The molecule has 8 heteroatoms. The van der Waals surface area contributed by atoms with E-state index >= 15 is 0 Å². The summed E-state index contributed by atoms with van der Waals surface area (Å²) in [6.07, 6.45) is 0. The second kappa shape index (κ2) is 10.3. The number of benzene rings is 1. The molecule has 0 aromatic heterocycles. The maximum Gasteiger partial charge on any atom is 0.234 e. The van der Waals surface area contributed by atoms with Crippen molar-refractivity contribution < 1.29 is 19.0 Å². The molecule has 0 aliphatic carbocycles. The molecule has 0 saturated carbocycles. The van der Waals surface area contributed by atoms with Gasteiger partial charge in [-0.05, 0) is 13.0 Å². The molecule has 1 aliphatic heterocycles. The lowest BCUT2D eigenvalue weighted by atomic mass is 10.1. The maximum absolute atomic E-state index is 12.2. The molecule has 2 N–H and O–H groups in total. The molecule has 0 radical (unpaired) electrons. The maximum atomic E-state index is 12.2. The summed E-state index contributed by atoms with van der Waals surface area (Å²) in [5.74, 6) is 1.86. The average Bonchev–Trinajstić information content (AvgIpc) is 2.61. The lowest BCUT2D eigenvalue weighted by molar-refractivity contribution is -0.123. The van der Waals surface area contributed by atoms with Gasteiger partial charge in [-0.2, -0.15) is 0 Å². The summed E-state index contributed by atoms with van der Waals surface area (Å²) in [5.41, 5.74) is 0.844. The number of carbonyl (C=O) groups is 1. The number of nitrogens with one attached hydrogen (secondary N) is 2. The molecule has 142 valence electrons. The second-order valence-electron chi connectivity index (χ2n) is 5.82. The van der Waals surface area contributed by atoms with Gasteiger partial charge in [-0.25, -0.2) is 0 Å². The molecule has 7 nitrogen and oxygen atoms in total. The minimum absolute atomic E-state index is 0. The van der Waals surface area contributed by atoms with Crippen LogP contribution in [0.2, 0.25) is 0 Å². The number of hydrogen-bond donors (Lipinski definition) is 2. The zero-order valence-corrected chi connectivity index (χ0v) is 16.1. The van der Waals surface area contributed by atoms with E-state index in [-0.39, 0.29) is 18.3 Å². The fraction of sp³-hybridized carbons (Fsp3) is 0.588. The number of rotatable bonds is 7. The molecule has 1 saturated heterocycles. The highest BCUT2D eigenvalue weighted by molar-refractivity contribution is 5.85. The first kappa shape index (κ1) is 21.3. The zero-order valence-electron chi connectivity index (χ0n) is 15.3. The van der Waals surface area contributed by atoms with E-state index in [9.17, 15) is 4.79 Å². The van der Waals surface area contributed by atoms with Crippen molar-refractivity contribution in [1.29, 1.82) is 0 Å². The molecule has 1 aromatic rings. The van der Waals surface area contributed by atoms with Gasteiger partial charge in [0, 0.05) is 43.9 Å². The van der Waals surface area contributed by atoms with Crippen molar-refractivity contribution in [1.82, 2.24) is 15.5 Å². The third kappa shape index (κ3) is 5.66. The predicted molar refractivity (Wildman–Crippen MR) is 99.1 cm³/mol. The highest BCUT2D eigenvalue weighted by Gasteiger charge is 2.20. The highest BCUT2D eigenvalue weighted by atomic mass is 35.5. The van der Waals surface area contributed by atoms with Gasteiger partial charge >= 0.3 is 0 Å². The Balaban J connectivity index is 0.00000312. The number of methoxy groups -OCH3 is 3. The molecule has 1 amide bonds. The van der Waals surface area contributed by atoms with Crippen LogP contribution in [0.4, 0.5) is 0 Å². The number of carbonyl (C=O) groups excluding carboxylic acids is 1. The summed E-state index contributed by atoms with van der Waals surface area (Å²) in [6, 6.07) is 3.95. The fourth-order valence-electron chi connectivity index (χ4n) is 2.78. The standard InChI is InChI=1S/C17H27N3O4.ClH/c1-12-9-18-5-6-20(12)11-17(21)19-10-13-7-15(23-3)16(24-4)8-14(13)22-2;/h7-8,12,18H,5-6,9-11H2,1-4H3,(H,19,21);1H/t12-;/m0./s1. The number of hydrogen-bond acceptors (Lipinski definition) is 6. The van der Waals surface area contributed by atoms with E-state index in [1.807, 2.05) is 6.07 Å². The summed E-state index contributed by atoms with van der Waals surface area (Å²) in [7, 11) is 4.75. The van der Waals surface area contributed by atoms with Gasteiger partial charge in [-0.3, -0.25) is 9.69 Å².